The van der Waals surface area contributed by atoms with Crippen LogP contribution in [0, 0.1) is 6.92 Å². The normalized spacial score (nSPS) is 15.1. The number of hydrogen-bond acceptors (Lipinski definition) is 5. The van der Waals surface area contributed by atoms with Gasteiger partial charge in [0.15, 0.2) is 0 Å². The summed E-state index contributed by atoms with van der Waals surface area (Å²) in [5, 5.41) is 7.55. The van der Waals surface area contributed by atoms with E-state index in [2.05, 4.69) is 32.4 Å². The zero-order valence-electron chi connectivity index (χ0n) is 19.6. The molecular weight excluding hydrogens is 416 g/mol. The first-order valence-electron chi connectivity index (χ1n) is 11.6. The lowest BCUT2D eigenvalue weighted by Crippen LogP contribution is -2.43. The summed E-state index contributed by atoms with van der Waals surface area (Å²) in [6, 6.07) is 16.2. The molecule has 2 amide bonds. The average molecular weight is 449 g/mol. The highest BCUT2D eigenvalue weighted by molar-refractivity contribution is 5.75. The molecule has 4 rings (SSSR count). The van der Waals surface area contributed by atoms with E-state index in [1.54, 1.807) is 11.0 Å². The Morgan fingerprint density at radius 2 is 1.94 bits per heavy atom. The van der Waals surface area contributed by atoms with Crippen LogP contribution < -0.4 is 15.0 Å². The number of hydrogen-bond donors (Lipinski definition) is 1. The van der Waals surface area contributed by atoms with Crippen LogP contribution in [0.2, 0.25) is 0 Å². The highest BCUT2D eigenvalue weighted by Crippen LogP contribution is 2.29. The number of ether oxygens (including phenoxy) is 1. The summed E-state index contributed by atoms with van der Waals surface area (Å²) in [5.41, 5.74) is 3.05. The van der Waals surface area contributed by atoms with Gasteiger partial charge in [0.2, 0.25) is 0 Å². The second-order valence-electron chi connectivity index (χ2n) is 8.23. The summed E-state index contributed by atoms with van der Waals surface area (Å²) in [6.07, 6.45) is 2.60. The highest BCUT2D eigenvalue weighted by Gasteiger charge is 2.22. The Morgan fingerprint density at radius 1 is 1.12 bits per heavy atom. The van der Waals surface area contributed by atoms with Crippen molar-refractivity contribution in [1.82, 2.24) is 25.0 Å². The fourth-order valence-corrected chi connectivity index (χ4v) is 4.10. The molecule has 0 bridgehead atoms. The van der Waals surface area contributed by atoms with Crippen LogP contribution in [0.5, 0.6) is 5.75 Å². The lowest BCUT2D eigenvalue weighted by Gasteiger charge is -2.26. The monoisotopic (exact) mass is 448 g/mol. The highest BCUT2D eigenvalue weighted by atomic mass is 16.5. The molecular formula is C25H32N6O2. The predicted octanol–water partition coefficient (Wildman–Crippen LogP) is 3.96. The molecule has 3 aromatic rings. The van der Waals surface area contributed by atoms with Gasteiger partial charge in [0.1, 0.15) is 23.6 Å². The van der Waals surface area contributed by atoms with E-state index < -0.39 is 0 Å². The summed E-state index contributed by atoms with van der Waals surface area (Å²) in [4.78, 5) is 21.3. The van der Waals surface area contributed by atoms with Crippen molar-refractivity contribution in [2.75, 3.05) is 37.7 Å². The summed E-state index contributed by atoms with van der Waals surface area (Å²) in [7, 11) is 0. The number of nitrogens with one attached hydrogen (secondary N) is 1. The van der Waals surface area contributed by atoms with Gasteiger partial charge in [-0.05, 0) is 44.9 Å². The first-order valence-corrected chi connectivity index (χ1v) is 11.6. The van der Waals surface area contributed by atoms with Crippen molar-refractivity contribution in [3.05, 3.63) is 66.2 Å². The topological polar surface area (TPSA) is 75.5 Å². The fourth-order valence-electron chi connectivity index (χ4n) is 4.10. The number of rotatable bonds is 6. The van der Waals surface area contributed by atoms with Gasteiger partial charge in [-0.1, -0.05) is 30.3 Å². The predicted molar refractivity (Wildman–Crippen MR) is 129 cm³/mol. The van der Waals surface area contributed by atoms with Gasteiger partial charge in [-0.15, -0.1) is 0 Å². The largest absolute Gasteiger partial charge is 0.492 e. The lowest BCUT2D eigenvalue weighted by molar-refractivity contribution is 0.198. The van der Waals surface area contributed by atoms with Crippen molar-refractivity contribution >= 4 is 11.7 Å². The molecule has 1 unspecified atom stereocenters. The van der Waals surface area contributed by atoms with Gasteiger partial charge in [-0.25, -0.2) is 14.5 Å². The molecule has 2 aromatic carbocycles. The Kier molecular flexibility index (Phi) is 7.12. The van der Waals surface area contributed by atoms with Crippen LogP contribution in [0.15, 0.2) is 54.9 Å². The second kappa shape index (κ2) is 10.4. The van der Waals surface area contributed by atoms with Crippen molar-refractivity contribution in [1.29, 1.82) is 0 Å². The van der Waals surface area contributed by atoms with Gasteiger partial charge in [0.05, 0.1) is 12.6 Å². The van der Waals surface area contributed by atoms with Gasteiger partial charge in [0.25, 0.3) is 0 Å². The number of aryl methyl sites for hydroxylation is 1. The number of aromatic nitrogens is 3. The van der Waals surface area contributed by atoms with Crippen LogP contribution in [0.3, 0.4) is 0 Å². The van der Waals surface area contributed by atoms with Crippen LogP contribution in [0.25, 0.3) is 5.69 Å². The SMILES string of the molecule is CCOc1cc(N2CCCN(C(=O)NC(C)c3ccccc3)CC2)ccc1-n1cnc(C)n1. The lowest BCUT2D eigenvalue weighted by atomic mass is 10.1. The maximum absolute atomic E-state index is 12.9. The molecule has 1 saturated heterocycles. The summed E-state index contributed by atoms with van der Waals surface area (Å²) in [6.45, 7) is 9.47. The number of anilines is 1. The van der Waals surface area contributed by atoms with Gasteiger partial charge in [0, 0.05) is 37.9 Å². The van der Waals surface area contributed by atoms with E-state index in [9.17, 15) is 4.79 Å². The van der Waals surface area contributed by atoms with Crippen molar-refractivity contribution in [2.24, 2.45) is 0 Å². The Balaban J connectivity index is 1.42. The molecule has 0 saturated carbocycles. The first kappa shape index (κ1) is 22.6. The third-order valence-corrected chi connectivity index (χ3v) is 5.88. The van der Waals surface area contributed by atoms with Crippen LogP contribution in [-0.4, -0.2) is 58.5 Å². The van der Waals surface area contributed by atoms with Crippen LogP contribution >= 0.6 is 0 Å². The minimum atomic E-state index is -0.0280. The Hall–Kier alpha value is -3.55. The van der Waals surface area contributed by atoms with E-state index in [1.165, 1.54) is 0 Å². The number of urea groups is 1. The van der Waals surface area contributed by atoms with E-state index >= 15 is 0 Å². The maximum Gasteiger partial charge on any atom is 0.317 e. The zero-order chi connectivity index (χ0) is 23.2. The number of carbonyl (C=O) groups is 1. The quantitative estimate of drug-likeness (QED) is 0.618. The smallest absolute Gasteiger partial charge is 0.317 e. The number of carbonyl (C=O) groups excluding carboxylic acids is 1. The molecule has 0 spiro atoms. The van der Waals surface area contributed by atoms with Crippen LogP contribution in [0.1, 0.15) is 37.7 Å². The number of nitrogens with zero attached hydrogens (tertiary/aromatic N) is 5. The van der Waals surface area contributed by atoms with Gasteiger partial charge in [-0.2, -0.15) is 5.10 Å². The molecule has 1 aliphatic heterocycles. The van der Waals surface area contributed by atoms with E-state index in [-0.39, 0.29) is 12.1 Å². The van der Waals surface area contributed by atoms with E-state index in [4.69, 9.17) is 4.74 Å². The van der Waals surface area contributed by atoms with Crippen molar-refractivity contribution in [2.45, 2.75) is 33.2 Å². The average Bonchev–Trinajstić information content (AvgIpc) is 3.11. The minimum Gasteiger partial charge on any atom is -0.492 e. The second-order valence-corrected chi connectivity index (χ2v) is 8.23. The summed E-state index contributed by atoms with van der Waals surface area (Å²) < 4.78 is 7.66. The standard InChI is InChI=1S/C25H32N6O2/c1-4-33-24-17-22(11-12-23(24)31-18-26-20(3)28-31)29-13-8-14-30(16-15-29)25(32)27-19(2)21-9-6-5-7-10-21/h5-7,9-12,17-19H,4,8,13-16H2,1-3H3,(H,27,32). The van der Waals surface area contributed by atoms with Crippen molar-refractivity contribution in [3.8, 4) is 11.4 Å². The molecule has 1 fully saturated rings. The van der Waals surface area contributed by atoms with Gasteiger partial charge >= 0.3 is 6.03 Å². The molecule has 1 aliphatic rings. The fraction of sp³-hybridized carbons (Fsp3) is 0.400. The molecule has 1 atom stereocenters. The number of benzene rings is 2. The van der Waals surface area contributed by atoms with E-state index in [1.807, 2.05) is 62.1 Å². The Bertz CT molecular complexity index is 1070. The summed E-state index contributed by atoms with van der Waals surface area (Å²) >= 11 is 0. The Morgan fingerprint density at radius 3 is 2.67 bits per heavy atom. The minimum absolute atomic E-state index is 0.0138. The van der Waals surface area contributed by atoms with Gasteiger partial charge < -0.3 is 19.9 Å². The third kappa shape index (κ3) is 5.45. The molecule has 8 heteroatoms. The van der Waals surface area contributed by atoms with Crippen LogP contribution in [-0.2, 0) is 0 Å². The Labute approximate surface area is 195 Å². The molecule has 1 aromatic heterocycles. The zero-order valence-corrected chi connectivity index (χ0v) is 19.6. The van der Waals surface area contributed by atoms with Gasteiger partial charge in [-0.3, -0.25) is 0 Å². The number of amides is 2. The molecule has 174 valence electrons. The first-order chi connectivity index (χ1) is 16.0. The molecule has 0 radical (unpaired) electrons. The van der Waals surface area contributed by atoms with Crippen molar-refractivity contribution in [3.63, 3.8) is 0 Å². The molecule has 1 N–H and O–H groups in total. The molecule has 2 heterocycles. The van der Waals surface area contributed by atoms with Crippen LogP contribution in [0.4, 0.5) is 10.5 Å². The van der Waals surface area contributed by atoms with E-state index in [0.29, 0.717) is 19.0 Å². The molecule has 0 aliphatic carbocycles. The molecule has 8 nitrogen and oxygen atoms in total. The third-order valence-electron chi connectivity index (χ3n) is 5.88. The van der Waals surface area contributed by atoms with Crippen molar-refractivity contribution < 1.29 is 9.53 Å². The summed E-state index contributed by atoms with van der Waals surface area (Å²) in [5.74, 6) is 1.49. The van der Waals surface area contributed by atoms with E-state index in [0.717, 1.165) is 48.7 Å². The maximum atomic E-state index is 12.9. The molecule has 33 heavy (non-hydrogen) atoms.